The van der Waals surface area contributed by atoms with E-state index < -0.39 is 5.91 Å². The highest BCUT2D eigenvalue weighted by atomic mass is 35.5. The third-order valence-electron chi connectivity index (χ3n) is 4.24. The first-order valence-electron chi connectivity index (χ1n) is 10.5. The van der Waals surface area contributed by atoms with E-state index in [0.717, 1.165) is 10.1 Å². The number of para-hydroxylation sites is 1. The van der Waals surface area contributed by atoms with E-state index in [9.17, 15) is 10.0 Å². The first-order chi connectivity index (χ1) is 15.5. The first kappa shape index (κ1) is 25.3. The Kier molecular flexibility index (Phi) is 9.17. The average molecular weight is 478 g/mol. The van der Waals surface area contributed by atoms with Gasteiger partial charge in [0.25, 0.3) is 5.91 Å². The van der Waals surface area contributed by atoms with Gasteiger partial charge in [-0.3, -0.25) is 10.0 Å². The molecule has 0 aliphatic carbocycles. The normalized spacial score (nSPS) is 10.1. The molecule has 170 valence electrons. The number of nitrogens with one attached hydrogen (secondary N) is 1. The van der Waals surface area contributed by atoms with Crippen LogP contribution in [0.25, 0.3) is 21.9 Å². The van der Waals surface area contributed by atoms with Crippen molar-refractivity contribution in [1.82, 2.24) is 0 Å². The highest BCUT2D eigenvalue weighted by Gasteiger charge is 2.22. The van der Waals surface area contributed by atoms with E-state index >= 15 is 0 Å². The molecule has 8 heteroatoms. The summed E-state index contributed by atoms with van der Waals surface area (Å²) < 4.78 is 12.3. The highest BCUT2D eigenvalue weighted by molar-refractivity contribution is 6.39. The van der Waals surface area contributed by atoms with Crippen LogP contribution in [0.1, 0.15) is 45.0 Å². The molecule has 0 aliphatic heterocycles. The fraction of sp³-hybridized carbons (Fsp3) is 0.250. The summed E-state index contributed by atoms with van der Waals surface area (Å²) in [4.78, 5) is 13.0. The largest absolute Gasteiger partial charge is 0.490 e. The van der Waals surface area contributed by atoms with Crippen molar-refractivity contribution in [2.45, 2.75) is 34.6 Å². The van der Waals surface area contributed by atoms with Crippen LogP contribution in [0.2, 0.25) is 10.0 Å². The minimum Gasteiger partial charge on any atom is -0.490 e. The van der Waals surface area contributed by atoms with Gasteiger partial charge in [-0.15, -0.1) is 0 Å². The quantitative estimate of drug-likeness (QED) is 0.242. The van der Waals surface area contributed by atoms with Crippen LogP contribution in [0.15, 0.2) is 53.2 Å². The summed E-state index contributed by atoms with van der Waals surface area (Å²) >= 11 is 12.2. The highest BCUT2D eigenvalue weighted by Crippen LogP contribution is 2.38. The van der Waals surface area contributed by atoms with Crippen molar-refractivity contribution in [2.24, 2.45) is 0 Å². The van der Waals surface area contributed by atoms with Gasteiger partial charge in [0.05, 0.1) is 17.9 Å². The van der Waals surface area contributed by atoms with Crippen molar-refractivity contribution >= 4 is 56.7 Å². The number of ether oxygens (including phenoxy) is 1. The van der Waals surface area contributed by atoms with Crippen molar-refractivity contribution in [2.75, 3.05) is 11.9 Å². The fourth-order valence-electron chi connectivity index (χ4n) is 3.08. The van der Waals surface area contributed by atoms with E-state index in [2.05, 4.69) is 5.32 Å². The molecule has 2 N–H and O–H groups in total. The zero-order valence-corrected chi connectivity index (χ0v) is 20.2. The lowest BCUT2D eigenvalue weighted by atomic mass is 10.0. The molecule has 2 heterocycles. The van der Waals surface area contributed by atoms with Crippen LogP contribution in [0.4, 0.5) is 5.69 Å². The lowest BCUT2D eigenvalue weighted by Crippen LogP contribution is -2.29. The molecule has 0 unspecified atom stereocenters. The lowest BCUT2D eigenvalue weighted by molar-refractivity contribution is -0.904. The van der Waals surface area contributed by atoms with Crippen LogP contribution < -0.4 is 14.8 Å². The molecule has 0 aliphatic rings. The van der Waals surface area contributed by atoms with Gasteiger partial charge < -0.3 is 14.5 Å². The van der Waals surface area contributed by atoms with Gasteiger partial charge in [-0.05, 0) is 25.1 Å². The Morgan fingerprint density at radius 3 is 2.31 bits per heavy atom. The van der Waals surface area contributed by atoms with Gasteiger partial charge in [0.1, 0.15) is 15.6 Å². The van der Waals surface area contributed by atoms with E-state index in [1.165, 1.54) is 12.4 Å². The average Bonchev–Trinajstić information content (AvgIpc) is 3.19. The second kappa shape index (κ2) is 11.6. The molecule has 4 aromatic rings. The van der Waals surface area contributed by atoms with Crippen LogP contribution in [-0.2, 0) is 0 Å². The van der Waals surface area contributed by atoms with Gasteiger partial charge in [0, 0.05) is 15.5 Å². The molecule has 0 fully saturated rings. The Hall–Kier alpha value is -2.96. The summed E-state index contributed by atoms with van der Waals surface area (Å²) in [5.41, 5.74) is 1.73. The number of aromatic nitrogens is 1. The number of halogens is 2. The summed E-state index contributed by atoms with van der Waals surface area (Å²) in [7, 11) is 0. The van der Waals surface area contributed by atoms with Crippen LogP contribution >= 0.6 is 23.2 Å². The molecule has 0 radical (unpaired) electrons. The number of furan rings is 1. The van der Waals surface area contributed by atoms with E-state index in [1.54, 1.807) is 12.1 Å². The van der Waals surface area contributed by atoms with Gasteiger partial charge in [0.15, 0.2) is 11.3 Å². The zero-order chi connectivity index (χ0) is 23.8. The van der Waals surface area contributed by atoms with Crippen LogP contribution in [0.5, 0.6) is 5.75 Å². The third-order valence-corrected chi connectivity index (χ3v) is 4.82. The Morgan fingerprint density at radius 1 is 1.06 bits per heavy atom. The SMILES string of the molecule is CC.CC.CCOc1ccc(C(=O)Nc2c(Cl)c[n+](O)cc2Cl)c2c1oc1ccccc12. The van der Waals surface area contributed by atoms with Gasteiger partial charge in [0.2, 0.25) is 12.4 Å². The number of rotatable bonds is 4. The van der Waals surface area contributed by atoms with Gasteiger partial charge in [-0.25, -0.2) is 0 Å². The Balaban J connectivity index is 0.000000860. The molecule has 6 nitrogen and oxygen atoms in total. The zero-order valence-electron chi connectivity index (χ0n) is 18.7. The summed E-state index contributed by atoms with van der Waals surface area (Å²) in [5, 5.41) is 13.8. The minimum atomic E-state index is -0.418. The monoisotopic (exact) mass is 477 g/mol. The molecular formula is C24H27Cl2N2O4+. The molecule has 0 bridgehead atoms. The maximum absolute atomic E-state index is 13.0. The molecule has 0 saturated carbocycles. The van der Waals surface area contributed by atoms with Crippen molar-refractivity contribution in [3.8, 4) is 5.75 Å². The lowest BCUT2D eigenvalue weighted by Gasteiger charge is -2.10. The predicted molar refractivity (Wildman–Crippen MR) is 129 cm³/mol. The second-order valence-corrected chi connectivity index (χ2v) is 6.82. The van der Waals surface area contributed by atoms with E-state index in [4.69, 9.17) is 32.4 Å². The number of benzene rings is 2. The number of hydrogen-bond acceptors (Lipinski definition) is 4. The smallest absolute Gasteiger partial charge is 0.256 e. The summed E-state index contributed by atoms with van der Waals surface area (Å²) in [6, 6.07) is 10.8. The predicted octanol–water partition coefficient (Wildman–Crippen LogP) is 7.12. The minimum absolute atomic E-state index is 0.0996. The first-order valence-corrected chi connectivity index (χ1v) is 11.2. The maximum Gasteiger partial charge on any atom is 0.256 e. The fourth-order valence-corrected chi connectivity index (χ4v) is 3.62. The van der Waals surface area contributed by atoms with Crippen molar-refractivity contribution in [3.05, 3.63) is 64.4 Å². The number of anilines is 1. The summed E-state index contributed by atoms with van der Waals surface area (Å²) in [6.45, 7) is 10.3. The second-order valence-electron chi connectivity index (χ2n) is 6.01. The van der Waals surface area contributed by atoms with Crippen LogP contribution in [0.3, 0.4) is 0 Å². The molecule has 32 heavy (non-hydrogen) atoms. The van der Waals surface area contributed by atoms with Crippen LogP contribution in [0, 0.1) is 0 Å². The Labute approximate surface area is 197 Å². The van der Waals surface area contributed by atoms with E-state index in [-0.39, 0.29) is 15.7 Å². The Morgan fingerprint density at radius 2 is 1.69 bits per heavy atom. The number of amides is 1. The molecule has 1 amide bonds. The van der Waals surface area contributed by atoms with Gasteiger partial charge in [-0.2, -0.15) is 0 Å². The van der Waals surface area contributed by atoms with Crippen LogP contribution in [-0.4, -0.2) is 17.7 Å². The van der Waals surface area contributed by atoms with Crippen molar-refractivity contribution < 1.29 is 23.9 Å². The molecule has 2 aromatic heterocycles. The molecule has 0 saturated heterocycles. The number of fused-ring (bicyclic) bond motifs is 3. The van der Waals surface area contributed by atoms with Gasteiger partial charge >= 0.3 is 0 Å². The van der Waals surface area contributed by atoms with E-state index in [0.29, 0.717) is 34.5 Å². The topological polar surface area (TPSA) is 75.6 Å². The summed E-state index contributed by atoms with van der Waals surface area (Å²) in [6.07, 6.45) is 2.45. The standard InChI is InChI=1S/C20H14Cl2N2O4.2C2H6/c1-2-27-16-8-7-12(17-11-5-3-4-6-15(11)28-19(16)17)20(25)23-18-13(21)9-24(26)10-14(18)22;2*1-2/h3-10,26H,2H2,1H3;2*1-2H3/p+1. The third kappa shape index (κ3) is 5.09. The molecule has 0 atom stereocenters. The molecular weight excluding hydrogens is 451 g/mol. The molecule has 2 aromatic carbocycles. The maximum atomic E-state index is 13.0. The van der Waals surface area contributed by atoms with E-state index in [1.807, 2.05) is 58.9 Å². The number of pyridine rings is 1. The van der Waals surface area contributed by atoms with Crippen molar-refractivity contribution in [3.63, 3.8) is 0 Å². The van der Waals surface area contributed by atoms with Gasteiger partial charge in [-0.1, -0.05) is 69.1 Å². The molecule has 4 rings (SSSR count). The number of carbonyl (C=O) groups excluding carboxylic acids is 1. The number of nitrogens with zero attached hydrogens (tertiary/aromatic N) is 1. The summed E-state index contributed by atoms with van der Waals surface area (Å²) in [5.74, 6) is 0.140. The van der Waals surface area contributed by atoms with Crippen molar-refractivity contribution in [1.29, 1.82) is 0 Å². The molecule has 0 spiro atoms. The Bertz CT molecular complexity index is 1200. The number of hydrogen-bond donors (Lipinski definition) is 2. The number of carbonyl (C=O) groups is 1.